The van der Waals surface area contributed by atoms with Crippen LogP contribution in [0.15, 0.2) is 0 Å². The highest BCUT2D eigenvalue weighted by molar-refractivity contribution is 7.86. The van der Waals surface area contributed by atoms with Crippen LogP contribution in [0.3, 0.4) is 0 Å². The van der Waals surface area contributed by atoms with Crippen LogP contribution in [0.5, 0.6) is 0 Å². The Kier molecular flexibility index (Phi) is 3.48. The van der Waals surface area contributed by atoms with Crippen molar-refractivity contribution < 1.29 is 39.7 Å². The van der Waals surface area contributed by atoms with Crippen molar-refractivity contribution in [3.63, 3.8) is 0 Å². The van der Waals surface area contributed by atoms with E-state index in [1.165, 1.54) is 0 Å². The molecule has 144 valence electrons. The maximum Gasteiger partial charge on any atom is 0.401 e. The standard InChI is InChI=1S/C15H19F5O4S/c16-14(17,18)11(15(19,20)25(21,22)23)7-24-12-4-8-1-2-13(8)9(5-12)3-10(13)6-12/h8-11H,1-7H2,(H,21,22,23). The van der Waals surface area contributed by atoms with Crippen molar-refractivity contribution in [2.45, 2.75) is 55.6 Å². The van der Waals surface area contributed by atoms with Crippen molar-refractivity contribution in [1.82, 2.24) is 0 Å². The van der Waals surface area contributed by atoms with Gasteiger partial charge in [0.05, 0.1) is 12.2 Å². The quantitative estimate of drug-likeness (QED) is 0.575. The third kappa shape index (κ3) is 2.25. The predicted molar refractivity (Wildman–Crippen MR) is 75.3 cm³/mol. The van der Waals surface area contributed by atoms with Crippen LogP contribution in [0.4, 0.5) is 22.0 Å². The SMILES string of the molecule is O=S(=O)(O)C(F)(F)C(COC12CC3CCC34C(CC4C1)C2)C(F)(F)F. The first-order valence-corrected chi connectivity index (χ1v) is 9.81. The molecule has 10 heteroatoms. The molecule has 1 spiro atoms. The van der Waals surface area contributed by atoms with Gasteiger partial charge in [-0.25, -0.2) is 0 Å². The molecule has 0 heterocycles. The first kappa shape index (κ1) is 17.9. The van der Waals surface area contributed by atoms with Gasteiger partial charge in [-0.3, -0.25) is 4.55 Å². The van der Waals surface area contributed by atoms with Gasteiger partial charge in [0.2, 0.25) is 0 Å². The minimum absolute atomic E-state index is 0.312. The lowest BCUT2D eigenvalue weighted by atomic mass is 9.29. The van der Waals surface area contributed by atoms with Gasteiger partial charge in [-0.05, 0) is 61.7 Å². The van der Waals surface area contributed by atoms with Gasteiger partial charge in [-0.15, -0.1) is 0 Å². The van der Waals surface area contributed by atoms with Crippen LogP contribution in [0.25, 0.3) is 0 Å². The highest BCUT2D eigenvalue weighted by Crippen LogP contribution is 2.78. The number of alkyl halides is 5. The molecule has 6 rings (SSSR count). The fraction of sp³-hybridized carbons (Fsp3) is 1.00. The molecule has 4 bridgehead atoms. The monoisotopic (exact) mass is 390 g/mol. The number of ether oxygens (including phenoxy) is 1. The van der Waals surface area contributed by atoms with Gasteiger partial charge in [-0.2, -0.15) is 30.4 Å². The van der Waals surface area contributed by atoms with Crippen molar-refractivity contribution in [2.24, 2.45) is 29.1 Å². The topological polar surface area (TPSA) is 63.6 Å². The Bertz CT molecular complexity index is 660. The molecule has 0 aromatic carbocycles. The average Bonchev–Trinajstić information content (AvgIpc) is 2.40. The summed E-state index contributed by atoms with van der Waals surface area (Å²) in [6, 6.07) is 0. The summed E-state index contributed by atoms with van der Waals surface area (Å²) >= 11 is 0. The minimum atomic E-state index is -6.20. The molecule has 1 N–H and O–H groups in total. The molecule has 6 saturated carbocycles. The van der Waals surface area contributed by atoms with Gasteiger partial charge in [0, 0.05) is 0 Å². The average molecular weight is 390 g/mol. The van der Waals surface area contributed by atoms with Crippen LogP contribution in [0, 0.1) is 29.1 Å². The number of hydrogen-bond donors (Lipinski definition) is 1. The first-order chi connectivity index (χ1) is 11.3. The zero-order chi connectivity index (χ0) is 18.5. The van der Waals surface area contributed by atoms with E-state index in [4.69, 9.17) is 9.29 Å². The van der Waals surface area contributed by atoms with Gasteiger partial charge in [0.1, 0.15) is 0 Å². The molecule has 4 atom stereocenters. The van der Waals surface area contributed by atoms with Crippen molar-refractivity contribution in [3.8, 4) is 0 Å². The zero-order valence-corrected chi connectivity index (χ0v) is 14.0. The maximum absolute atomic E-state index is 13.7. The molecule has 0 amide bonds. The Labute approximate surface area is 141 Å². The molecule has 6 fully saturated rings. The van der Waals surface area contributed by atoms with Crippen LogP contribution in [-0.2, 0) is 14.9 Å². The van der Waals surface area contributed by atoms with Crippen LogP contribution in [-0.4, -0.2) is 36.6 Å². The molecule has 6 aliphatic carbocycles. The second kappa shape index (κ2) is 4.86. The largest absolute Gasteiger partial charge is 0.401 e. The lowest BCUT2D eigenvalue weighted by molar-refractivity contribution is -0.324. The van der Waals surface area contributed by atoms with Gasteiger partial charge in [-0.1, -0.05) is 0 Å². The van der Waals surface area contributed by atoms with Gasteiger partial charge in [0.25, 0.3) is 0 Å². The van der Waals surface area contributed by atoms with Crippen molar-refractivity contribution >= 4 is 10.1 Å². The van der Waals surface area contributed by atoms with Crippen LogP contribution >= 0.6 is 0 Å². The number of rotatable bonds is 5. The van der Waals surface area contributed by atoms with Crippen molar-refractivity contribution in [3.05, 3.63) is 0 Å². The fourth-order valence-electron chi connectivity index (χ4n) is 6.15. The summed E-state index contributed by atoms with van der Waals surface area (Å²) in [6.07, 6.45) is -0.697. The summed E-state index contributed by atoms with van der Waals surface area (Å²) in [7, 11) is -6.20. The molecule has 4 unspecified atom stereocenters. The zero-order valence-electron chi connectivity index (χ0n) is 13.2. The highest BCUT2D eigenvalue weighted by atomic mass is 32.2. The molecule has 6 aliphatic rings. The van der Waals surface area contributed by atoms with Crippen LogP contribution in [0.1, 0.15) is 38.5 Å². The van der Waals surface area contributed by atoms with Gasteiger partial charge >= 0.3 is 21.5 Å². The summed E-state index contributed by atoms with van der Waals surface area (Å²) in [5.41, 5.74) is -0.549. The van der Waals surface area contributed by atoms with Crippen LogP contribution < -0.4 is 0 Å². The normalized spacial score (nSPS) is 43.8. The van der Waals surface area contributed by atoms with E-state index in [0.29, 0.717) is 42.4 Å². The Hall–Kier alpha value is -0.480. The lowest BCUT2D eigenvalue weighted by Gasteiger charge is -2.77. The minimum Gasteiger partial charge on any atom is -0.374 e. The highest BCUT2D eigenvalue weighted by Gasteiger charge is 2.73. The Morgan fingerprint density at radius 2 is 1.64 bits per heavy atom. The lowest BCUT2D eigenvalue weighted by Crippen LogP contribution is -2.72. The van der Waals surface area contributed by atoms with Crippen LogP contribution in [0.2, 0.25) is 0 Å². The third-order valence-electron chi connectivity index (χ3n) is 7.33. The molecule has 0 aromatic rings. The van der Waals surface area contributed by atoms with E-state index in [9.17, 15) is 30.4 Å². The van der Waals surface area contributed by atoms with Crippen molar-refractivity contribution in [2.75, 3.05) is 6.61 Å². The Morgan fingerprint density at radius 1 is 1.08 bits per heavy atom. The molecule has 0 aromatic heterocycles. The van der Waals surface area contributed by atoms with E-state index >= 15 is 0 Å². The van der Waals surface area contributed by atoms with E-state index < -0.39 is 39.7 Å². The summed E-state index contributed by atoms with van der Waals surface area (Å²) < 4.78 is 102. The number of hydrogen-bond acceptors (Lipinski definition) is 3. The summed E-state index contributed by atoms with van der Waals surface area (Å²) in [4.78, 5) is 0. The van der Waals surface area contributed by atoms with Gasteiger partial charge in [0.15, 0.2) is 5.92 Å². The summed E-state index contributed by atoms with van der Waals surface area (Å²) in [5, 5.41) is -5.34. The summed E-state index contributed by atoms with van der Waals surface area (Å²) in [6.45, 7) is -1.46. The molecule has 0 radical (unpaired) electrons. The van der Waals surface area contributed by atoms with E-state index in [-0.39, 0.29) is 0 Å². The fourth-order valence-corrected chi connectivity index (χ4v) is 6.71. The molecule has 0 saturated heterocycles. The Balaban J connectivity index is 1.53. The first-order valence-electron chi connectivity index (χ1n) is 8.37. The molecule has 0 aliphatic heterocycles. The predicted octanol–water partition coefficient (Wildman–Crippen LogP) is 3.63. The molecule has 4 nitrogen and oxygen atoms in total. The van der Waals surface area contributed by atoms with Gasteiger partial charge < -0.3 is 4.74 Å². The second-order valence-electron chi connectivity index (χ2n) is 8.21. The van der Waals surface area contributed by atoms with E-state index in [1.807, 2.05) is 0 Å². The third-order valence-corrected chi connectivity index (χ3v) is 8.30. The van der Waals surface area contributed by atoms with E-state index in [1.54, 1.807) is 0 Å². The Morgan fingerprint density at radius 3 is 2.04 bits per heavy atom. The maximum atomic E-state index is 13.7. The second-order valence-corrected chi connectivity index (χ2v) is 9.71. The molecule has 25 heavy (non-hydrogen) atoms. The van der Waals surface area contributed by atoms with E-state index in [2.05, 4.69) is 0 Å². The van der Waals surface area contributed by atoms with Crippen molar-refractivity contribution in [1.29, 1.82) is 0 Å². The summed E-state index contributed by atoms with van der Waals surface area (Å²) in [5.74, 6) is -2.45. The number of halogens is 5. The molecular formula is C15H19F5O4S. The van der Waals surface area contributed by atoms with E-state index in [0.717, 1.165) is 19.3 Å². The molecular weight excluding hydrogens is 371 g/mol. The smallest absolute Gasteiger partial charge is 0.374 e.